The highest BCUT2D eigenvalue weighted by Crippen LogP contribution is 2.23. The number of H-pyrrole nitrogens is 2. The van der Waals surface area contributed by atoms with Gasteiger partial charge >= 0.3 is 5.97 Å². The van der Waals surface area contributed by atoms with E-state index in [0.717, 1.165) is 39.0 Å². The number of nitrogens with one attached hydrogen (secondary N) is 2. The van der Waals surface area contributed by atoms with Gasteiger partial charge in [0.1, 0.15) is 17.5 Å². The number of hydrogen-bond acceptors (Lipinski definition) is 6. The van der Waals surface area contributed by atoms with Gasteiger partial charge in [0, 0.05) is 28.9 Å². The van der Waals surface area contributed by atoms with Gasteiger partial charge in [-0.05, 0) is 35.9 Å². The molecule has 0 saturated heterocycles. The highest BCUT2D eigenvalue weighted by molar-refractivity contribution is 7.07. The molecule has 152 valence electrons. The first-order valence-corrected chi connectivity index (χ1v) is 10.1. The van der Waals surface area contributed by atoms with Gasteiger partial charge in [-0.25, -0.2) is 9.97 Å². The minimum absolute atomic E-state index is 0.150. The van der Waals surface area contributed by atoms with Crippen LogP contribution in [0.15, 0.2) is 59.6 Å². The Morgan fingerprint density at radius 2 is 2.03 bits per heavy atom. The molecule has 0 amide bonds. The Balaban J connectivity index is 0.000000146. The number of nitrogens with zero attached hydrogens (tertiary/aromatic N) is 2. The average molecular weight is 421 g/mol. The van der Waals surface area contributed by atoms with Crippen molar-refractivity contribution in [2.24, 2.45) is 5.73 Å². The third-order valence-corrected chi connectivity index (χ3v) is 5.16. The highest BCUT2D eigenvalue weighted by Gasteiger charge is 2.14. The van der Waals surface area contributed by atoms with Gasteiger partial charge in [0.2, 0.25) is 0 Å². The van der Waals surface area contributed by atoms with Gasteiger partial charge in [0.05, 0.1) is 16.5 Å². The summed E-state index contributed by atoms with van der Waals surface area (Å²) in [5.41, 5.74) is 11.9. The number of benzene rings is 2. The molecule has 5 aromatic rings. The first kappa shape index (κ1) is 19.6. The zero-order chi connectivity index (χ0) is 21.1. The standard InChI is InChI=1S/C11H12N2O3.C10H7N3S/c12-9(11(15)16)3-6-5-13-10-2-1-7(14)4-8(6)10;1-2-4-8-7(3-1)12-10(13-8)9-5-14-6-11-9/h1-2,4-5,9,13-14H,3,12H2,(H,15,16);1-6H,(H,12,13). The number of para-hydroxylation sites is 2. The van der Waals surface area contributed by atoms with Crippen LogP contribution in [0.25, 0.3) is 33.5 Å². The molecule has 1 atom stereocenters. The molecule has 0 fully saturated rings. The van der Waals surface area contributed by atoms with Crippen molar-refractivity contribution < 1.29 is 15.0 Å². The molecular formula is C21H19N5O3S. The van der Waals surface area contributed by atoms with E-state index in [1.54, 1.807) is 35.7 Å². The Hall–Kier alpha value is -3.69. The number of aromatic hydroxyl groups is 1. The number of carboxylic acid groups (broad SMARTS) is 1. The van der Waals surface area contributed by atoms with Gasteiger partial charge in [-0.3, -0.25) is 4.79 Å². The van der Waals surface area contributed by atoms with Gasteiger partial charge < -0.3 is 25.9 Å². The molecule has 0 saturated carbocycles. The molecular weight excluding hydrogens is 402 g/mol. The summed E-state index contributed by atoms with van der Waals surface area (Å²) < 4.78 is 0. The zero-order valence-electron chi connectivity index (χ0n) is 15.7. The van der Waals surface area contributed by atoms with Gasteiger partial charge in [-0.15, -0.1) is 11.3 Å². The van der Waals surface area contributed by atoms with Crippen LogP contribution in [0.4, 0.5) is 0 Å². The lowest BCUT2D eigenvalue weighted by Crippen LogP contribution is -2.32. The molecule has 9 heteroatoms. The van der Waals surface area contributed by atoms with Crippen LogP contribution in [0, 0.1) is 0 Å². The summed E-state index contributed by atoms with van der Waals surface area (Å²) in [5, 5.41) is 20.9. The third-order valence-electron chi connectivity index (χ3n) is 4.57. The number of aliphatic carboxylic acids is 1. The van der Waals surface area contributed by atoms with Crippen LogP contribution in [0.1, 0.15) is 5.56 Å². The quantitative estimate of drug-likeness (QED) is 0.301. The Bertz CT molecular complexity index is 1260. The maximum atomic E-state index is 10.6. The topological polar surface area (TPSA) is 141 Å². The second-order valence-electron chi connectivity index (χ2n) is 6.67. The van der Waals surface area contributed by atoms with E-state index in [2.05, 4.69) is 19.9 Å². The molecule has 5 rings (SSSR count). The summed E-state index contributed by atoms with van der Waals surface area (Å²) in [6, 6.07) is 11.9. The van der Waals surface area contributed by atoms with E-state index in [-0.39, 0.29) is 12.2 Å². The zero-order valence-corrected chi connectivity index (χ0v) is 16.6. The maximum Gasteiger partial charge on any atom is 0.320 e. The highest BCUT2D eigenvalue weighted by atomic mass is 32.1. The van der Waals surface area contributed by atoms with Gasteiger partial charge in [-0.1, -0.05) is 12.1 Å². The average Bonchev–Trinajstić information content (AvgIpc) is 3.48. The first-order chi connectivity index (χ1) is 14.5. The Kier molecular flexibility index (Phi) is 5.46. The molecule has 1 unspecified atom stereocenters. The van der Waals surface area contributed by atoms with Crippen molar-refractivity contribution in [1.29, 1.82) is 0 Å². The molecule has 2 aromatic carbocycles. The Labute approximate surface area is 175 Å². The van der Waals surface area contributed by atoms with Crippen LogP contribution in [0.2, 0.25) is 0 Å². The lowest BCUT2D eigenvalue weighted by atomic mass is 10.1. The molecule has 0 aliphatic rings. The molecule has 3 heterocycles. The Morgan fingerprint density at radius 1 is 1.20 bits per heavy atom. The minimum atomic E-state index is -1.03. The molecule has 6 N–H and O–H groups in total. The maximum absolute atomic E-state index is 10.6. The van der Waals surface area contributed by atoms with E-state index in [0.29, 0.717) is 0 Å². The summed E-state index contributed by atoms with van der Waals surface area (Å²) in [6.07, 6.45) is 1.95. The van der Waals surface area contributed by atoms with E-state index >= 15 is 0 Å². The van der Waals surface area contributed by atoms with Crippen LogP contribution in [-0.4, -0.2) is 42.2 Å². The number of carbonyl (C=O) groups is 1. The van der Waals surface area contributed by atoms with Crippen molar-refractivity contribution in [2.45, 2.75) is 12.5 Å². The predicted octanol–water partition coefficient (Wildman–Crippen LogP) is 3.51. The van der Waals surface area contributed by atoms with Crippen molar-refractivity contribution in [3.05, 3.63) is 65.1 Å². The number of hydrogen-bond donors (Lipinski definition) is 5. The summed E-state index contributed by atoms with van der Waals surface area (Å²) in [4.78, 5) is 25.5. The van der Waals surface area contributed by atoms with Gasteiger partial charge in [-0.2, -0.15) is 0 Å². The number of fused-ring (bicyclic) bond motifs is 2. The number of carboxylic acids is 1. The number of phenols is 1. The summed E-state index contributed by atoms with van der Waals surface area (Å²) in [6.45, 7) is 0. The van der Waals surface area contributed by atoms with Gasteiger partial charge in [0.15, 0.2) is 5.82 Å². The molecule has 0 bridgehead atoms. The molecule has 0 aliphatic heterocycles. The van der Waals surface area contributed by atoms with E-state index in [1.165, 1.54) is 0 Å². The van der Waals surface area contributed by atoms with Crippen molar-refractivity contribution >= 4 is 39.2 Å². The van der Waals surface area contributed by atoms with Crippen LogP contribution >= 0.6 is 11.3 Å². The summed E-state index contributed by atoms with van der Waals surface area (Å²) in [5.74, 6) is -0.0424. The smallest absolute Gasteiger partial charge is 0.320 e. The van der Waals surface area contributed by atoms with E-state index in [4.69, 9.17) is 10.8 Å². The van der Waals surface area contributed by atoms with Gasteiger partial charge in [0.25, 0.3) is 0 Å². The fraction of sp³-hybridized carbons (Fsp3) is 0.0952. The lowest BCUT2D eigenvalue weighted by molar-refractivity contribution is -0.138. The number of phenolic OH excluding ortho intramolecular Hbond substituents is 1. The van der Waals surface area contributed by atoms with Crippen molar-refractivity contribution in [3.63, 3.8) is 0 Å². The van der Waals surface area contributed by atoms with Crippen LogP contribution in [0.5, 0.6) is 5.75 Å². The second kappa shape index (κ2) is 8.36. The fourth-order valence-electron chi connectivity index (χ4n) is 3.06. The normalized spacial score (nSPS) is 11.9. The number of rotatable bonds is 4. The molecule has 30 heavy (non-hydrogen) atoms. The largest absolute Gasteiger partial charge is 0.508 e. The number of imidazole rings is 1. The number of aromatic amines is 2. The first-order valence-electron chi connectivity index (χ1n) is 9.12. The fourth-order valence-corrected chi connectivity index (χ4v) is 3.60. The SMILES string of the molecule is NC(Cc1c[nH]c2ccc(O)cc12)C(=O)O.c1ccc2[nH]c(-c3cscn3)nc2c1. The Morgan fingerprint density at radius 3 is 2.77 bits per heavy atom. The lowest BCUT2D eigenvalue weighted by Gasteiger charge is -2.04. The second-order valence-corrected chi connectivity index (χ2v) is 7.39. The monoisotopic (exact) mass is 421 g/mol. The van der Waals surface area contributed by atoms with Crippen molar-refractivity contribution in [1.82, 2.24) is 19.9 Å². The van der Waals surface area contributed by atoms with Crippen LogP contribution < -0.4 is 5.73 Å². The van der Waals surface area contributed by atoms with E-state index in [1.807, 2.05) is 35.2 Å². The van der Waals surface area contributed by atoms with Crippen molar-refractivity contribution in [2.75, 3.05) is 0 Å². The number of aromatic nitrogens is 4. The number of nitrogens with two attached hydrogens (primary N) is 1. The molecule has 0 aliphatic carbocycles. The minimum Gasteiger partial charge on any atom is -0.508 e. The van der Waals surface area contributed by atoms with E-state index < -0.39 is 12.0 Å². The van der Waals surface area contributed by atoms with Crippen molar-refractivity contribution in [3.8, 4) is 17.3 Å². The molecule has 3 aromatic heterocycles. The molecule has 0 spiro atoms. The van der Waals surface area contributed by atoms with Crippen LogP contribution in [-0.2, 0) is 11.2 Å². The number of thiazole rings is 1. The predicted molar refractivity (Wildman–Crippen MR) is 116 cm³/mol. The van der Waals surface area contributed by atoms with E-state index in [9.17, 15) is 9.90 Å². The summed E-state index contributed by atoms with van der Waals surface area (Å²) in [7, 11) is 0. The third kappa shape index (κ3) is 4.17. The van der Waals surface area contributed by atoms with Crippen LogP contribution in [0.3, 0.4) is 0 Å². The summed E-state index contributed by atoms with van der Waals surface area (Å²) >= 11 is 1.57. The molecule has 8 nitrogen and oxygen atoms in total. The molecule has 0 radical (unpaired) electrons.